The van der Waals surface area contributed by atoms with Crippen molar-refractivity contribution in [3.05, 3.63) is 17.7 Å². The van der Waals surface area contributed by atoms with Crippen molar-refractivity contribution in [3.8, 4) is 17.2 Å². The number of carbonyl (C=O) groups is 1. The van der Waals surface area contributed by atoms with E-state index >= 15 is 0 Å². The summed E-state index contributed by atoms with van der Waals surface area (Å²) < 4.78 is 16.1. The lowest BCUT2D eigenvalue weighted by Crippen LogP contribution is -2.37. The summed E-state index contributed by atoms with van der Waals surface area (Å²) in [5.41, 5.74) is 0.930. The second-order valence-electron chi connectivity index (χ2n) is 5.59. The highest BCUT2D eigenvalue weighted by Crippen LogP contribution is 2.40. The maximum atomic E-state index is 12.0. The van der Waals surface area contributed by atoms with E-state index in [9.17, 15) is 4.79 Å². The predicted molar refractivity (Wildman–Crippen MR) is 95.7 cm³/mol. The third-order valence-electron chi connectivity index (χ3n) is 4.12. The number of aryl methyl sites for hydroxylation is 1. The first kappa shape index (κ1) is 20.4. The van der Waals surface area contributed by atoms with Crippen molar-refractivity contribution in [2.45, 2.75) is 31.7 Å². The Morgan fingerprint density at radius 2 is 1.96 bits per heavy atom. The summed E-state index contributed by atoms with van der Waals surface area (Å²) in [7, 11) is 4.75. The van der Waals surface area contributed by atoms with Gasteiger partial charge in [0, 0.05) is 19.0 Å². The van der Waals surface area contributed by atoms with E-state index in [4.69, 9.17) is 14.2 Å². The van der Waals surface area contributed by atoms with Gasteiger partial charge in [-0.15, -0.1) is 12.4 Å². The van der Waals surface area contributed by atoms with E-state index in [-0.39, 0.29) is 18.3 Å². The zero-order valence-corrected chi connectivity index (χ0v) is 15.3. The number of carbonyl (C=O) groups excluding carboxylic acids is 1. The summed E-state index contributed by atoms with van der Waals surface area (Å²) in [6.07, 6.45) is 3.32. The summed E-state index contributed by atoms with van der Waals surface area (Å²) in [5.74, 6) is 1.85. The SMILES string of the molecule is COc1ccc(CCC(=O)NCC2CCCN2)c(OC)c1OC.Cl. The zero-order valence-electron chi connectivity index (χ0n) is 14.5. The molecule has 2 rings (SSSR count). The van der Waals surface area contributed by atoms with Crippen LogP contribution >= 0.6 is 12.4 Å². The van der Waals surface area contributed by atoms with Gasteiger partial charge in [-0.1, -0.05) is 6.07 Å². The number of rotatable bonds is 8. The maximum Gasteiger partial charge on any atom is 0.220 e. The Balaban J connectivity index is 0.00000288. The minimum atomic E-state index is 0. The van der Waals surface area contributed by atoms with E-state index in [2.05, 4.69) is 10.6 Å². The number of methoxy groups -OCH3 is 3. The molecule has 0 aromatic heterocycles. The van der Waals surface area contributed by atoms with E-state index in [1.807, 2.05) is 12.1 Å². The lowest BCUT2D eigenvalue weighted by Gasteiger charge is -2.16. The van der Waals surface area contributed by atoms with Gasteiger partial charge in [0.1, 0.15) is 0 Å². The molecule has 1 atom stereocenters. The molecule has 1 fully saturated rings. The summed E-state index contributed by atoms with van der Waals surface area (Å²) in [5, 5.41) is 6.35. The van der Waals surface area contributed by atoms with Crippen molar-refractivity contribution in [1.29, 1.82) is 0 Å². The molecule has 0 bridgehead atoms. The van der Waals surface area contributed by atoms with Gasteiger partial charge in [0.15, 0.2) is 11.5 Å². The van der Waals surface area contributed by atoms with E-state index < -0.39 is 0 Å². The molecular weight excluding hydrogens is 332 g/mol. The number of benzene rings is 1. The van der Waals surface area contributed by atoms with E-state index in [1.54, 1.807) is 21.3 Å². The van der Waals surface area contributed by atoms with Gasteiger partial charge in [-0.25, -0.2) is 0 Å². The Bertz CT molecular complexity index is 534. The smallest absolute Gasteiger partial charge is 0.220 e. The largest absolute Gasteiger partial charge is 0.493 e. The Labute approximate surface area is 149 Å². The molecule has 0 spiro atoms. The molecule has 1 aliphatic rings. The van der Waals surface area contributed by atoms with Crippen LogP contribution in [0.3, 0.4) is 0 Å². The third-order valence-corrected chi connectivity index (χ3v) is 4.12. The Hall–Kier alpha value is -1.66. The fourth-order valence-corrected chi connectivity index (χ4v) is 2.86. The number of nitrogens with one attached hydrogen (secondary N) is 2. The van der Waals surface area contributed by atoms with Crippen molar-refractivity contribution in [3.63, 3.8) is 0 Å². The normalized spacial score (nSPS) is 16.2. The number of halogens is 1. The van der Waals surface area contributed by atoms with Crippen molar-refractivity contribution < 1.29 is 19.0 Å². The molecular formula is C17H27ClN2O4. The van der Waals surface area contributed by atoms with Crippen molar-refractivity contribution in [1.82, 2.24) is 10.6 Å². The highest BCUT2D eigenvalue weighted by atomic mass is 35.5. The first-order valence-corrected chi connectivity index (χ1v) is 7.97. The van der Waals surface area contributed by atoms with Crippen molar-refractivity contribution >= 4 is 18.3 Å². The molecule has 0 aliphatic carbocycles. The molecule has 7 heteroatoms. The minimum absolute atomic E-state index is 0. The Kier molecular flexibility index (Phi) is 8.71. The summed E-state index contributed by atoms with van der Waals surface area (Å²) in [6.45, 7) is 1.74. The maximum absolute atomic E-state index is 12.0. The van der Waals surface area contributed by atoms with Gasteiger partial charge in [-0.3, -0.25) is 4.79 Å². The van der Waals surface area contributed by atoms with Crippen LogP contribution in [-0.4, -0.2) is 46.4 Å². The molecule has 2 N–H and O–H groups in total. The average Bonchev–Trinajstić information content (AvgIpc) is 3.10. The minimum Gasteiger partial charge on any atom is -0.493 e. The fraction of sp³-hybridized carbons (Fsp3) is 0.588. The van der Waals surface area contributed by atoms with Crippen LogP contribution in [0.1, 0.15) is 24.8 Å². The molecule has 0 saturated carbocycles. The number of amides is 1. The van der Waals surface area contributed by atoms with Crippen LogP contribution in [0.2, 0.25) is 0 Å². The molecule has 1 aliphatic heterocycles. The standard InChI is InChI=1S/C17H26N2O4.ClH/c1-21-14-8-6-12(16(22-2)17(14)23-3)7-9-15(20)19-11-13-5-4-10-18-13;/h6,8,13,18H,4-5,7,9-11H2,1-3H3,(H,19,20);1H. The van der Waals surface area contributed by atoms with Gasteiger partial charge in [0.2, 0.25) is 11.7 Å². The fourth-order valence-electron chi connectivity index (χ4n) is 2.86. The molecule has 1 aromatic rings. The van der Waals surface area contributed by atoms with Gasteiger partial charge < -0.3 is 24.8 Å². The monoisotopic (exact) mass is 358 g/mol. The van der Waals surface area contributed by atoms with Gasteiger partial charge >= 0.3 is 0 Å². The first-order valence-electron chi connectivity index (χ1n) is 7.97. The van der Waals surface area contributed by atoms with Crippen LogP contribution in [0.25, 0.3) is 0 Å². The van der Waals surface area contributed by atoms with Gasteiger partial charge in [0.05, 0.1) is 21.3 Å². The Morgan fingerprint density at radius 1 is 1.21 bits per heavy atom. The molecule has 136 valence electrons. The topological polar surface area (TPSA) is 68.8 Å². The van der Waals surface area contributed by atoms with Crippen LogP contribution in [0.4, 0.5) is 0 Å². The lowest BCUT2D eigenvalue weighted by molar-refractivity contribution is -0.121. The molecule has 1 unspecified atom stereocenters. The lowest BCUT2D eigenvalue weighted by atomic mass is 10.1. The highest BCUT2D eigenvalue weighted by Gasteiger charge is 2.17. The van der Waals surface area contributed by atoms with Crippen LogP contribution in [0, 0.1) is 0 Å². The first-order chi connectivity index (χ1) is 11.2. The average molecular weight is 359 g/mol. The number of hydrogen-bond acceptors (Lipinski definition) is 5. The van der Waals surface area contributed by atoms with Gasteiger partial charge in [0.25, 0.3) is 0 Å². The molecule has 1 amide bonds. The molecule has 1 saturated heterocycles. The quantitative estimate of drug-likeness (QED) is 0.743. The van der Waals surface area contributed by atoms with Gasteiger partial charge in [-0.05, 0) is 37.4 Å². The van der Waals surface area contributed by atoms with Crippen LogP contribution in [0.5, 0.6) is 17.2 Å². The summed E-state index contributed by atoms with van der Waals surface area (Å²) >= 11 is 0. The zero-order chi connectivity index (χ0) is 16.7. The summed E-state index contributed by atoms with van der Waals surface area (Å²) in [4.78, 5) is 12.0. The third kappa shape index (κ3) is 5.18. The molecule has 24 heavy (non-hydrogen) atoms. The second-order valence-corrected chi connectivity index (χ2v) is 5.59. The van der Waals surface area contributed by atoms with E-state index in [1.165, 1.54) is 6.42 Å². The number of hydrogen-bond donors (Lipinski definition) is 2. The molecule has 0 radical (unpaired) electrons. The molecule has 6 nitrogen and oxygen atoms in total. The summed E-state index contributed by atoms with van der Waals surface area (Å²) in [6, 6.07) is 4.15. The predicted octanol–water partition coefficient (Wildman–Crippen LogP) is 1.94. The Morgan fingerprint density at radius 3 is 2.54 bits per heavy atom. The van der Waals surface area contributed by atoms with E-state index in [0.29, 0.717) is 42.7 Å². The highest BCUT2D eigenvalue weighted by molar-refractivity contribution is 5.85. The molecule has 1 aromatic carbocycles. The van der Waals surface area contributed by atoms with Gasteiger partial charge in [-0.2, -0.15) is 0 Å². The van der Waals surface area contributed by atoms with Crippen molar-refractivity contribution in [2.75, 3.05) is 34.4 Å². The number of ether oxygens (including phenoxy) is 3. The van der Waals surface area contributed by atoms with Crippen LogP contribution in [0.15, 0.2) is 12.1 Å². The van der Waals surface area contributed by atoms with Crippen LogP contribution < -0.4 is 24.8 Å². The van der Waals surface area contributed by atoms with E-state index in [0.717, 1.165) is 18.5 Å². The van der Waals surface area contributed by atoms with Crippen molar-refractivity contribution in [2.24, 2.45) is 0 Å². The second kappa shape index (κ2) is 10.3. The molecule has 1 heterocycles. The van der Waals surface area contributed by atoms with Crippen LogP contribution in [-0.2, 0) is 11.2 Å².